The van der Waals surface area contributed by atoms with Crippen LogP contribution in [-0.4, -0.2) is 10.3 Å². The number of thiazole rings is 1. The molecule has 0 aliphatic rings. The Morgan fingerprint density at radius 2 is 2.06 bits per heavy atom. The van der Waals surface area contributed by atoms with Gasteiger partial charge in [0.1, 0.15) is 0 Å². The Balaban J connectivity index is 2.04. The Morgan fingerprint density at radius 1 is 1.28 bits per heavy atom. The molecule has 0 radical (unpaired) electrons. The van der Waals surface area contributed by atoms with Crippen LogP contribution in [0.1, 0.15) is 16.3 Å². The summed E-state index contributed by atoms with van der Waals surface area (Å²) in [5.41, 5.74) is 2.59. The summed E-state index contributed by atoms with van der Waals surface area (Å²) in [6.07, 6.45) is 2.11. The molecule has 1 aromatic carbocycles. The van der Waals surface area contributed by atoms with Gasteiger partial charge in [0.05, 0.1) is 10.7 Å². The van der Waals surface area contributed by atoms with Crippen molar-refractivity contribution in [2.75, 3.05) is 5.33 Å². The third kappa shape index (κ3) is 3.90. The zero-order chi connectivity index (χ0) is 13.0. The number of hydrogen-bond acceptors (Lipinski definition) is 2. The van der Waals surface area contributed by atoms with Crippen molar-refractivity contribution in [3.8, 4) is 0 Å². The van der Waals surface area contributed by atoms with E-state index in [1.807, 2.05) is 0 Å². The van der Waals surface area contributed by atoms with Crippen LogP contribution >= 0.6 is 43.2 Å². The summed E-state index contributed by atoms with van der Waals surface area (Å²) in [6, 6.07) is 8.44. The fraction of sp³-hybridized carbons (Fsp3) is 0.357. The standard InChI is InChI=1S/C14H15Br2NS/c1-10-17-13(9-18-10)7-11(8-15)6-12-4-2-3-5-14(12)16/h2-5,9,11H,6-8H2,1H3. The van der Waals surface area contributed by atoms with Crippen LogP contribution in [0.15, 0.2) is 34.1 Å². The number of hydrogen-bond donors (Lipinski definition) is 0. The Hall–Kier alpha value is -0.190. The van der Waals surface area contributed by atoms with E-state index in [-0.39, 0.29) is 0 Å². The zero-order valence-corrected chi connectivity index (χ0v) is 14.2. The highest BCUT2D eigenvalue weighted by molar-refractivity contribution is 9.10. The minimum Gasteiger partial charge on any atom is -0.247 e. The predicted octanol–water partition coefficient (Wildman–Crippen LogP) is 5.01. The highest BCUT2D eigenvalue weighted by Gasteiger charge is 2.12. The molecule has 0 aliphatic carbocycles. The Kier molecular flexibility index (Phi) is 5.39. The number of rotatable bonds is 5. The van der Waals surface area contributed by atoms with Gasteiger partial charge in [-0.2, -0.15) is 0 Å². The molecule has 0 bridgehead atoms. The van der Waals surface area contributed by atoms with E-state index in [1.54, 1.807) is 11.3 Å². The second-order valence-electron chi connectivity index (χ2n) is 4.38. The van der Waals surface area contributed by atoms with Crippen molar-refractivity contribution in [3.05, 3.63) is 50.4 Å². The molecule has 96 valence electrons. The average molecular weight is 389 g/mol. The normalized spacial score (nSPS) is 12.6. The van der Waals surface area contributed by atoms with Gasteiger partial charge in [0.15, 0.2) is 0 Å². The lowest BCUT2D eigenvalue weighted by molar-refractivity contribution is 0.582. The molecule has 1 heterocycles. The SMILES string of the molecule is Cc1nc(CC(CBr)Cc2ccccc2Br)cs1. The molecule has 1 aromatic heterocycles. The monoisotopic (exact) mass is 387 g/mol. The Bertz CT molecular complexity index is 510. The first-order chi connectivity index (χ1) is 8.69. The molecule has 0 saturated heterocycles. The van der Waals surface area contributed by atoms with Crippen LogP contribution in [0.2, 0.25) is 0 Å². The second kappa shape index (κ2) is 6.83. The van der Waals surface area contributed by atoms with Crippen molar-refractivity contribution in [1.82, 2.24) is 4.98 Å². The first-order valence-electron chi connectivity index (χ1n) is 5.89. The smallest absolute Gasteiger partial charge is 0.0897 e. The lowest BCUT2D eigenvalue weighted by Crippen LogP contribution is -2.10. The summed E-state index contributed by atoms with van der Waals surface area (Å²) in [4.78, 5) is 4.55. The molecular weight excluding hydrogens is 374 g/mol. The largest absolute Gasteiger partial charge is 0.247 e. The van der Waals surface area contributed by atoms with Crippen molar-refractivity contribution in [3.63, 3.8) is 0 Å². The van der Waals surface area contributed by atoms with E-state index >= 15 is 0 Å². The van der Waals surface area contributed by atoms with Crippen LogP contribution in [0.25, 0.3) is 0 Å². The first-order valence-corrected chi connectivity index (χ1v) is 8.69. The van der Waals surface area contributed by atoms with Crippen LogP contribution in [-0.2, 0) is 12.8 Å². The number of benzene rings is 1. The van der Waals surface area contributed by atoms with Gasteiger partial charge in [0, 0.05) is 15.2 Å². The number of aromatic nitrogens is 1. The minimum atomic E-state index is 0.588. The molecule has 2 aromatic rings. The van der Waals surface area contributed by atoms with Crippen molar-refractivity contribution in [2.24, 2.45) is 5.92 Å². The molecule has 0 spiro atoms. The van der Waals surface area contributed by atoms with E-state index in [0.717, 1.165) is 23.2 Å². The molecule has 2 rings (SSSR count). The maximum Gasteiger partial charge on any atom is 0.0897 e. The molecule has 1 atom stereocenters. The third-order valence-electron chi connectivity index (χ3n) is 2.85. The van der Waals surface area contributed by atoms with Gasteiger partial charge in [-0.15, -0.1) is 11.3 Å². The highest BCUT2D eigenvalue weighted by Crippen LogP contribution is 2.23. The molecule has 0 fully saturated rings. The fourth-order valence-corrected chi connectivity index (χ4v) is 3.48. The summed E-state index contributed by atoms with van der Waals surface area (Å²) >= 11 is 8.97. The van der Waals surface area contributed by atoms with Gasteiger partial charge in [-0.25, -0.2) is 4.98 Å². The Labute approximate surface area is 129 Å². The molecule has 0 saturated carbocycles. The van der Waals surface area contributed by atoms with E-state index in [1.165, 1.54) is 15.7 Å². The summed E-state index contributed by atoms with van der Waals surface area (Å²) in [7, 11) is 0. The maximum atomic E-state index is 4.55. The van der Waals surface area contributed by atoms with Crippen molar-refractivity contribution >= 4 is 43.2 Å². The summed E-state index contributed by atoms with van der Waals surface area (Å²) in [5.74, 6) is 0.588. The van der Waals surface area contributed by atoms with Crippen LogP contribution < -0.4 is 0 Å². The molecule has 0 N–H and O–H groups in total. The fourth-order valence-electron chi connectivity index (χ4n) is 1.95. The zero-order valence-electron chi connectivity index (χ0n) is 10.2. The van der Waals surface area contributed by atoms with E-state index in [0.29, 0.717) is 5.92 Å². The quantitative estimate of drug-likeness (QED) is 0.656. The van der Waals surface area contributed by atoms with Crippen LogP contribution in [0.5, 0.6) is 0 Å². The molecule has 1 unspecified atom stereocenters. The number of aryl methyl sites for hydroxylation is 1. The van der Waals surface area contributed by atoms with E-state index < -0.39 is 0 Å². The number of nitrogens with zero attached hydrogens (tertiary/aromatic N) is 1. The second-order valence-corrected chi connectivity index (χ2v) is 6.94. The molecule has 4 heteroatoms. The Morgan fingerprint density at radius 3 is 2.67 bits per heavy atom. The van der Waals surface area contributed by atoms with Gasteiger partial charge in [-0.05, 0) is 37.3 Å². The van der Waals surface area contributed by atoms with Gasteiger partial charge in [0.2, 0.25) is 0 Å². The van der Waals surface area contributed by atoms with Crippen molar-refractivity contribution < 1.29 is 0 Å². The summed E-state index contributed by atoms with van der Waals surface area (Å²) in [6.45, 7) is 2.06. The molecule has 0 amide bonds. The van der Waals surface area contributed by atoms with Crippen molar-refractivity contribution in [2.45, 2.75) is 19.8 Å². The van der Waals surface area contributed by atoms with E-state index in [4.69, 9.17) is 0 Å². The van der Waals surface area contributed by atoms with Gasteiger partial charge in [-0.3, -0.25) is 0 Å². The highest BCUT2D eigenvalue weighted by atomic mass is 79.9. The third-order valence-corrected chi connectivity index (χ3v) is 5.36. The lowest BCUT2D eigenvalue weighted by atomic mass is 9.97. The minimum absolute atomic E-state index is 0.588. The summed E-state index contributed by atoms with van der Waals surface area (Å²) < 4.78 is 1.20. The van der Waals surface area contributed by atoms with Crippen LogP contribution in [0.4, 0.5) is 0 Å². The van der Waals surface area contributed by atoms with Crippen LogP contribution in [0.3, 0.4) is 0 Å². The predicted molar refractivity (Wildman–Crippen MR) is 85.7 cm³/mol. The lowest BCUT2D eigenvalue weighted by Gasteiger charge is -2.13. The number of halogens is 2. The van der Waals surface area contributed by atoms with Gasteiger partial charge >= 0.3 is 0 Å². The van der Waals surface area contributed by atoms with Gasteiger partial charge in [-0.1, -0.05) is 50.1 Å². The molecule has 0 aliphatic heterocycles. The van der Waals surface area contributed by atoms with Crippen molar-refractivity contribution in [1.29, 1.82) is 0 Å². The summed E-state index contributed by atoms with van der Waals surface area (Å²) in [5, 5.41) is 4.33. The molecule has 1 nitrogen and oxygen atoms in total. The molecular formula is C14H15Br2NS. The maximum absolute atomic E-state index is 4.55. The molecule has 18 heavy (non-hydrogen) atoms. The van der Waals surface area contributed by atoms with E-state index in [2.05, 4.69) is 73.4 Å². The van der Waals surface area contributed by atoms with Gasteiger partial charge in [0.25, 0.3) is 0 Å². The topological polar surface area (TPSA) is 12.9 Å². The first kappa shape index (κ1) is 14.2. The van der Waals surface area contributed by atoms with Crippen LogP contribution in [0, 0.1) is 12.8 Å². The average Bonchev–Trinajstić information content (AvgIpc) is 2.76. The van der Waals surface area contributed by atoms with Gasteiger partial charge < -0.3 is 0 Å². The number of alkyl halides is 1. The van der Waals surface area contributed by atoms with E-state index in [9.17, 15) is 0 Å².